The van der Waals surface area contributed by atoms with Crippen LogP contribution in [0.15, 0.2) is 29.1 Å². The normalized spacial score (nSPS) is 23.1. The summed E-state index contributed by atoms with van der Waals surface area (Å²) in [5, 5.41) is 8.49. The van der Waals surface area contributed by atoms with Crippen LogP contribution in [0.3, 0.4) is 0 Å². The van der Waals surface area contributed by atoms with Crippen LogP contribution < -0.4 is 5.56 Å². The van der Waals surface area contributed by atoms with Crippen molar-refractivity contribution in [3.63, 3.8) is 0 Å². The second kappa shape index (κ2) is 7.76. The minimum absolute atomic E-state index is 0.0612. The van der Waals surface area contributed by atoms with E-state index in [0.29, 0.717) is 22.9 Å². The van der Waals surface area contributed by atoms with Gasteiger partial charge in [-0.1, -0.05) is 23.8 Å². The predicted octanol–water partition coefficient (Wildman–Crippen LogP) is 1.51. The van der Waals surface area contributed by atoms with Gasteiger partial charge in [-0.05, 0) is 56.8 Å². The molecule has 0 aliphatic carbocycles. The van der Waals surface area contributed by atoms with Gasteiger partial charge in [0.05, 0.1) is 5.39 Å². The molecule has 144 valence electrons. The molecule has 0 spiro atoms. The van der Waals surface area contributed by atoms with E-state index >= 15 is 0 Å². The van der Waals surface area contributed by atoms with Crippen LogP contribution in [0.4, 0.5) is 0 Å². The summed E-state index contributed by atoms with van der Waals surface area (Å²) >= 11 is 0. The number of piperidine rings is 2. The molecular formula is C20H27N5O2. The topological polar surface area (TPSA) is 71.3 Å². The molecule has 3 heterocycles. The van der Waals surface area contributed by atoms with E-state index in [2.05, 4.69) is 15.2 Å². The van der Waals surface area contributed by atoms with Crippen LogP contribution in [-0.4, -0.2) is 63.4 Å². The molecule has 2 aliphatic heterocycles. The molecule has 27 heavy (non-hydrogen) atoms. The highest BCUT2D eigenvalue weighted by atomic mass is 16.2. The first kappa shape index (κ1) is 18.1. The van der Waals surface area contributed by atoms with Gasteiger partial charge in [0, 0.05) is 19.6 Å². The Bertz CT molecular complexity index is 878. The average Bonchev–Trinajstić information content (AvgIpc) is 2.70. The van der Waals surface area contributed by atoms with Crippen molar-refractivity contribution in [2.75, 3.05) is 26.7 Å². The summed E-state index contributed by atoms with van der Waals surface area (Å²) in [7, 11) is 1.84. The monoisotopic (exact) mass is 369 g/mol. The standard InChI is InChI=1S/C20H27N5O2/c1-23(13-15-7-6-12-24-11-5-4-10-18(15)24)19(26)14-25-20(27)16-8-2-3-9-17(16)21-22-25/h2-3,8-9,15,18H,4-7,10-14H2,1H3. The lowest BCUT2D eigenvalue weighted by Crippen LogP contribution is -2.51. The summed E-state index contributed by atoms with van der Waals surface area (Å²) < 4.78 is 1.18. The van der Waals surface area contributed by atoms with Crippen molar-refractivity contribution in [2.24, 2.45) is 5.92 Å². The van der Waals surface area contributed by atoms with Gasteiger partial charge in [-0.25, -0.2) is 4.68 Å². The maximum absolute atomic E-state index is 12.7. The third-order valence-corrected chi connectivity index (χ3v) is 6.08. The molecule has 0 bridgehead atoms. The SMILES string of the molecule is CN(CC1CCCN2CCCCC12)C(=O)Cn1nnc2ccccc2c1=O. The molecule has 1 aromatic heterocycles. The average molecular weight is 369 g/mol. The molecule has 2 fully saturated rings. The maximum atomic E-state index is 12.7. The van der Waals surface area contributed by atoms with E-state index in [1.54, 1.807) is 23.1 Å². The lowest BCUT2D eigenvalue weighted by molar-refractivity contribution is -0.132. The highest BCUT2D eigenvalue weighted by Gasteiger charge is 2.34. The second-order valence-electron chi connectivity index (χ2n) is 7.85. The summed E-state index contributed by atoms with van der Waals surface area (Å²) in [5.41, 5.74) is 0.289. The van der Waals surface area contributed by atoms with Crippen molar-refractivity contribution in [1.29, 1.82) is 0 Å². The van der Waals surface area contributed by atoms with Crippen LogP contribution in [0.2, 0.25) is 0 Å². The Morgan fingerprint density at radius 3 is 2.89 bits per heavy atom. The van der Waals surface area contributed by atoms with Gasteiger partial charge in [0.25, 0.3) is 5.56 Å². The summed E-state index contributed by atoms with van der Waals surface area (Å²) in [6.07, 6.45) is 6.20. The number of likely N-dealkylation sites (N-methyl/N-ethyl adjacent to an activating group) is 1. The Balaban J connectivity index is 1.43. The molecule has 0 saturated carbocycles. The number of amides is 1. The number of rotatable bonds is 4. The third-order valence-electron chi connectivity index (χ3n) is 6.08. The molecule has 1 aromatic carbocycles. The fourth-order valence-electron chi connectivity index (χ4n) is 4.62. The Hall–Kier alpha value is -2.28. The van der Waals surface area contributed by atoms with Gasteiger partial charge in [-0.2, -0.15) is 0 Å². The summed E-state index contributed by atoms with van der Waals surface area (Å²) in [6, 6.07) is 7.68. The van der Waals surface area contributed by atoms with Crippen LogP contribution in [0.5, 0.6) is 0 Å². The fraction of sp³-hybridized carbons (Fsp3) is 0.600. The third kappa shape index (κ3) is 3.74. The molecule has 2 saturated heterocycles. The van der Waals surface area contributed by atoms with E-state index in [9.17, 15) is 9.59 Å². The van der Waals surface area contributed by atoms with Gasteiger partial charge in [-0.3, -0.25) is 9.59 Å². The van der Waals surface area contributed by atoms with Gasteiger partial charge in [-0.15, -0.1) is 5.10 Å². The summed E-state index contributed by atoms with van der Waals surface area (Å²) in [6.45, 7) is 3.08. The zero-order valence-corrected chi connectivity index (χ0v) is 15.9. The quantitative estimate of drug-likeness (QED) is 0.817. The molecule has 0 N–H and O–H groups in total. The Morgan fingerprint density at radius 1 is 1.19 bits per heavy atom. The maximum Gasteiger partial charge on any atom is 0.278 e. The van der Waals surface area contributed by atoms with E-state index in [4.69, 9.17) is 0 Å². The number of benzene rings is 1. The van der Waals surface area contributed by atoms with E-state index < -0.39 is 0 Å². The van der Waals surface area contributed by atoms with E-state index in [-0.39, 0.29) is 18.0 Å². The first-order chi connectivity index (χ1) is 13.1. The second-order valence-corrected chi connectivity index (χ2v) is 7.85. The van der Waals surface area contributed by atoms with Crippen molar-refractivity contribution in [2.45, 2.75) is 44.7 Å². The predicted molar refractivity (Wildman–Crippen MR) is 103 cm³/mol. The Kier molecular flexibility index (Phi) is 5.20. The van der Waals surface area contributed by atoms with Crippen LogP contribution in [-0.2, 0) is 11.3 Å². The van der Waals surface area contributed by atoms with E-state index in [1.165, 1.54) is 49.9 Å². The van der Waals surface area contributed by atoms with Crippen LogP contribution >= 0.6 is 0 Å². The molecule has 2 aliphatic rings. The molecule has 7 heteroatoms. The first-order valence-corrected chi connectivity index (χ1v) is 9.94. The Morgan fingerprint density at radius 2 is 2.00 bits per heavy atom. The molecule has 0 radical (unpaired) electrons. The smallest absolute Gasteiger partial charge is 0.278 e. The highest BCUT2D eigenvalue weighted by molar-refractivity contribution is 5.78. The molecule has 2 atom stereocenters. The van der Waals surface area contributed by atoms with Crippen LogP contribution in [0.25, 0.3) is 10.9 Å². The largest absolute Gasteiger partial charge is 0.344 e. The molecule has 2 unspecified atom stereocenters. The van der Waals surface area contributed by atoms with Crippen molar-refractivity contribution in [1.82, 2.24) is 24.8 Å². The van der Waals surface area contributed by atoms with Gasteiger partial charge < -0.3 is 9.80 Å². The fourth-order valence-corrected chi connectivity index (χ4v) is 4.62. The van der Waals surface area contributed by atoms with Crippen LogP contribution in [0, 0.1) is 5.92 Å². The van der Waals surface area contributed by atoms with Gasteiger partial charge in [0.15, 0.2) is 0 Å². The first-order valence-electron chi connectivity index (χ1n) is 9.94. The minimum Gasteiger partial charge on any atom is -0.344 e. The van der Waals surface area contributed by atoms with Crippen molar-refractivity contribution >= 4 is 16.8 Å². The number of aromatic nitrogens is 3. The van der Waals surface area contributed by atoms with Crippen molar-refractivity contribution in [3.05, 3.63) is 34.6 Å². The molecule has 1 amide bonds. The number of carbonyl (C=O) groups excluding carboxylic acids is 1. The van der Waals surface area contributed by atoms with Gasteiger partial charge >= 0.3 is 0 Å². The minimum atomic E-state index is -0.265. The summed E-state index contributed by atoms with van der Waals surface area (Å²) in [5.74, 6) is 0.432. The summed E-state index contributed by atoms with van der Waals surface area (Å²) in [4.78, 5) is 29.6. The molecule has 2 aromatic rings. The van der Waals surface area contributed by atoms with Crippen LogP contribution in [0.1, 0.15) is 32.1 Å². The van der Waals surface area contributed by atoms with Crippen molar-refractivity contribution < 1.29 is 4.79 Å². The highest BCUT2D eigenvalue weighted by Crippen LogP contribution is 2.31. The number of nitrogens with zero attached hydrogens (tertiary/aromatic N) is 5. The molecule has 4 rings (SSSR count). The Labute approximate surface area is 158 Å². The van der Waals surface area contributed by atoms with Gasteiger partial charge in [0.1, 0.15) is 12.1 Å². The van der Waals surface area contributed by atoms with Gasteiger partial charge in [0.2, 0.25) is 5.91 Å². The number of carbonyl (C=O) groups is 1. The number of hydrogen-bond donors (Lipinski definition) is 0. The lowest BCUT2D eigenvalue weighted by atomic mass is 9.83. The molecular weight excluding hydrogens is 342 g/mol. The zero-order chi connectivity index (χ0) is 18.8. The molecule has 7 nitrogen and oxygen atoms in total. The lowest BCUT2D eigenvalue weighted by Gasteiger charge is -2.45. The zero-order valence-electron chi connectivity index (χ0n) is 15.9. The number of fused-ring (bicyclic) bond motifs is 2. The van der Waals surface area contributed by atoms with E-state index in [0.717, 1.165) is 6.54 Å². The number of hydrogen-bond acceptors (Lipinski definition) is 5. The van der Waals surface area contributed by atoms with Crippen molar-refractivity contribution in [3.8, 4) is 0 Å². The van der Waals surface area contributed by atoms with E-state index in [1.807, 2.05) is 13.1 Å².